The lowest BCUT2D eigenvalue weighted by molar-refractivity contribution is -0.131. The number of carbonyl (C=O) groups is 3. The summed E-state index contributed by atoms with van der Waals surface area (Å²) in [6, 6.07) is 12.9. The number of nitrogens with zero attached hydrogens (tertiary/aromatic N) is 2. The van der Waals surface area contributed by atoms with E-state index in [0.29, 0.717) is 41.6 Å². The van der Waals surface area contributed by atoms with Gasteiger partial charge in [0, 0.05) is 30.0 Å². The third kappa shape index (κ3) is 4.83. The van der Waals surface area contributed by atoms with E-state index in [2.05, 4.69) is 10.3 Å². The molecule has 1 aliphatic rings. The molecule has 0 aliphatic carbocycles. The predicted octanol–water partition coefficient (Wildman–Crippen LogP) is 4.12. The van der Waals surface area contributed by atoms with E-state index >= 15 is 0 Å². The van der Waals surface area contributed by atoms with E-state index in [0.717, 1.165) is 5.56 Å². The minimum atomic E-state index is -0.192. The van der Waals surface area contributed by atoms with Crippen LogP contribution in [0.1, 0.15) is 38.6 Å². The highest BCUT2D eigenvalue weighted by atomic mass is 32.1. The molecule has 0 radical (unpaired) electrons. The van der Waals surface area contributed by atoms with Crippen LogP contribution in [0.4, 0.5) is 5.13 Å². The molecule has 1 fully saturated rings. The highest BCUT2D eigenvalue weighted by Gasteiger charge is 2.28. The van der Waals surface area contributed by atoms with Crippen molar-refractivity contribution in [3.63, 3.8) is 0 Å². The van der Waals surface area contributed by atoms with Crippen LogP contribution in [0.2, 0.25) is 0 Å². The van der Waals surface area contributed by atoms with E-state index in [1.165, 1.54) is 22.7 Å². The number of thiazole rings is 1. The maximum atomic E-state index is 12.7. The second-order valence-corrected chi connectivity index (χ2v) is 8.94. The molecule has 1 saturated heterocycles. The van der Waals surface area contributed by atoms with Crippen molar-refractivity contribution in [1.82, 2.24) is 9.88 Å². The molecule has 0 spiro atoms. The summed E-state index contributed by atoms with van der Waals surface area (Å²) in [6.45, 7) is 1.16. The van der Waals surface area contributed by atoms with Crippen molar-refractivity contribution < 1.29 is 14.4 Å². The first kappa shape index (κ1) is 20.4. The molecule has 1 N–H and O–H groups in total. The molecule has 8 heteroatoms. The van der Waals surface area contributed by atoms with Crippen molar-refractivity contribution in [3.05, 3.63) is 69.4 Å². The first-order chi connectivity index (χ1) is 14.6. The summed E-state index contributed by atoms with van der Waals surface area (Å²) in [5.74, 6) is -0.0625. The molecule has 4 rings (SSSR count). The van der Waals surface area contributed by atoms with Crippen LogP contribution in [0, 0.1) is 5.92 Å². The number of ketones is 1. The number of carbonyl (C=O) groups excluding carboxylic acids is 3. The van der Waals surface area contributed by atoms with Gasteiger partial charge in [0.1, 0.15) is 0 Å². The summed E-state index contributed by atoms with van der Waals surface area (Å²) in [6.07, 6.45) is 1.56. The van der Waals surface area contributed by atoms with Gasteiger partial charge in [-0.1, -0.05) is 36.4 Å². The molecule has 2 aromatic heterocycles. The number of hydrogen-bond donors (Lipinski definition) is 1. The van der Waals surface area contributed by atoms with Crippen LogP contribution < -0.4 is 5.32 Å². The first-order valence-corrected chi connectivity index (χ1v) is 11.5. The molecule has 6 nitrogen and oxygen atoms in total. The second-order valence-electron chi connectivity index (χ2n) is 7.14. The molecule has 1 aliphatic heterocycles. The van der Waals surface area contributed by atoms with Crippen LogP contribution in [-0.4, -0.2) is 40.6 Å². The minimum absolute atomic E-state index is 0.00189. The first-order valence-electron chi connectivity index (χ1n) is 9.76. The van der Waals surface area contributed by atoms with E-state index in [1.807, 2.05) is 41.8 Å². The van der Waals surface area contributed by atoms with Gasteiger partial charge in [0.25, 0.3) is 5.91 Å². The molecule has 3 heterocycles. The third-order valence-corrected chi connectivity index (χ3v) is 6.80. The number of likely N-dealkylation sites (tertiary alicyclic amines) is 1. The Morgan fingerprint density at radius 3 is 2.50 bits per heavy atom. The summed E-state index contributed by atoms with van der Waals surface area (Å²) in [5.41, 5.74) is 1.39. The quantitative estimate of drug-likeness (QED) is 0.586. The van der Waals surface area contributed by atoms with Gasteiger partial charge in [-0.15, -0.1) is 22.7 Å². The number of anilines is 1. The largest absolute Gasteiger partial charge is 0.342 e. The van der Waals surface area contributed by atoms with Gasteiger partial charge in [-0.05, 0) is 24.3 Å². The van der Waals surface area contributed by atoms with Crippen molar-refractivity contribution in [2.45, 2.75) is 19.3 Å². The number of hydrogen-bond acceptors (Lipinski definition) is 6. The van der Waals surface area contributed by atoms with E-state index in [4.69, 9.17) is 0 Å². The highest BCUT2D eigenvalue weighted by Crippen LogP contribution is 2.23. The molecule has 0 saturated carbocycles. The zero-order chi connectivity index (χ0) is 20.9. The Hall–Kier alpha value is -2.84. The maximum Gasteiger partial charge on any atom is 0.267 e. The molecular weight excluding hydrogens is 418 g/mol. The average molecular weight is 440 g/mol. The number of thiophene rings is 1. The van der Waals surface area contributed by atoms with Crippen LogP contribution in [0.25, 0.3) is 0 Å². The lowest BCUT2D eigenvalue weighted by Gasteiger charge is -2.31. The normalized spacial score (nSPS) is 14.5. The zero-order valence-corrected chi connectivity index (χ0v) is 17.9. The number of benzene rings is 1. The van der Waals surface area contributed by atoms with Crippen molar-refractivity contribution in [2.24, 2.45) is 5.92 Å². The number of rotatable bonds is 6. The fourth-order valence-corrected chi connectivity index (χ4v) is 4.83. The van der Waals surface area contributed by atoms with Crippen LogP contribution >= 0.6 is 22.7 Å². The molecular formula is C22H21N3O3S2. The summed E-state index contributed by atoms with van der Waals surface area (Å²) in [7, 11) is 0. The van der Waals surface area contributed by atoms with E-state index in [9.17, 15) is 14.4 Å². The van der Waals surface area contributed by atoms with Crippen LogP contribution in [-0.2, 0) is 11.2 Å². The number of piperidine rings is 1. The molecule has 2 amide bonds. The Bertz CT molecular complexity index is 1020. The van der Waals surface area contributed by atoms with Crippen molar-refractivity contribution in [2.75, 3.05) is 18.4 Å². The van der Waals surface area contributed by atoms with E-state index in [1.54, 1.807) is 16.3 Å². The third-order valence-electron chi connectivity index (χ3n) is 5.13. The molecule has 1 aromatic carbocycles. The van der Waals surface area contributed by atoms with Gasteiger partial charge < -0.3 is 4.90 Å². The number of amides is 2. The standard InChI is InChI=1S/C22H21N3O3S2/c26-19(13-17-14-30-22(23-17)24-21(28)18-7-4-12-29-18)25-10-8-16(9-11-25)20(27)15-5-2-1-3-6-15/h1-7,12,14,16H,8-11,13H2,(H,23,24,28). The molecule has 0 unspecified atom stereocenters. The molecule has 154 valence electrons. The van der Waals surface area contributed by atoms with E-state index in [-0.39, 0.29) is 29.9 Å². The van der Waals surface area contributed by atoms with Gasteiger partial charge in [-0.25, -0.2) is 4.98 Å². The Labute approximate surface area is 182 Å². The fourth-order valence-electron chi connectivity index (χ4n) is 3.51. The van der Waals surface area contributed by atoms with Gasteiger partial charge in [-0.2, -0.15) is 0 Å². The van der Waals surface area contributed by atoms with Crippen LogP contribution in [0.15, 0.2) is 53.2 Å². The van der Waals surface area contributed by atoms with Crippen LogP contribution in [0.3, 0.4) is 0 Å². The molecule has 3 aromatic rings. The fraction of sp³-hybridized carbons (Fsp3) is 0.273. The van der Waals surface area contributed by atoms with E-state index < -0.39 is 0 Å². The molecule has 30 heavy (non-hydrogen) atoms. The summed E-state index contributed by atoms with van der Waals surface area (Å²) in [4.78, 5) is 44.1. The lowest BCUT2D eigenvalue weighted by atomic mass is 9.89. The van der Waals surface area contributed by atoms with Gasteiger partial charge in [0.05, 0.1) is 17.0 Å². The van der Waals surface area contributed by atoms with Gasteiger partial charge in [-0.3, -0.25) is 19.7 Å². The Kier molecular flexibility index (Phi) is 6.35. The lowest BCUT2D eigenvalue weighted by Crippen LogP contribution is -2.41. The summed E-state index contributed by atoms with van der Waals surface area (Å²) >= 11 is 2.68. The number of aromatic nitrogens is 1. The minimum Gasteiger partial charge on any atom is -0.342 e. The second kappa shape index (κ2) is 9.32. The predicted molar refractivity (Wildman–Crippen MR) is 118 cm³/mol. The average Bonchev–Trinajstić information content (AvgIpc) is 3.46. The topological polar surface area (TPSA) is 79.4 Å². The van der Waals surface area contributed by atoms with Gasteiger partial charge in [0.15, 0.2) is 10.9 Å². The summed E-state index contributed by atoms with van der Waals surface area (Å²) < 4.78 is 0. The molecule has 0 atom stereocenters. The van der Waals surface area contributed by atoms with Gasteiger partial charge in [0.2, 0.25) is 5.91 Å². The summed E-state index contributed by atoms with van der Waals surface area (Å²) in [5, 5.41) is 6.90. The smallest absolute Gasteiger partial charge is 0.267 e. The van der Waals surface area contributed by atoms with Gasteiger partial charge >= 0.3 is 0 Å². The Balaban J connectivity index is 1.27. The number of Topliss-reactive ketones (excluding diaryl/α,β-unsaturated/α-hetero) is 1. The van der Waals surface area contributed by atoms with Crippen molar-refractivity contribution >= 4 is 45.4 Å². The molecule has 0 bridgehead atoms. The van der Waals surface area contributed by atoms with Crippen LogP contribution in [0.5, 0.6) is 0 Å². The van der Waals surface area contributed by atoms with Crippen molar-refractivity contribution in [3.8, 4) is 0 Å². The Morgan fingerprint density at radius 1 is 1.03 bits per heavy atom. The van der Waals surface area contributed by atoms with Crippen molar-refractivity contribution in [1.29, 1.82) is 0 Å². The number of nitrogens with one attached hydrogen (secondary N) is 1. The Morgan fingerprint density at radius 2 is 1.80 bits per heavy atom. The SMILES string of the molecule is O=C(Nc1nc(CC(=O)N2CCC(C(=O)c3ccccc3)CC2)cs1)c1cccs1. The highest BCUT2D eigenvalue weighted by molar-refractivity contribution is 7.14. The zero-order valence-electron chi connectivity index (χ0n) is 16.2. The monoisotopic (exact) mass is 439 g/mol. The maximum absolute atomic E-state index is 12.7.